The smallest absolute Gasteiger partial charge is 0.160 e. The third-order valence-electron chi connectivity index (χ3n) is 3.84. The summed E-state index contributed by atoms with van der Waals surface area (Å²) in [5.41, 5.74) is 3.26. The van der Waals surface area contributed by atoms with Crippen LogP contribution in [0.2, 0.25) is 0 Å². The first kappa shape index (κ1) is 14.5. The number of ketones is 1. The molecule has 0 aromatic heterocycles. The Morgan fingerprint density at radius 2 is 1.70 bits per heavy atom. The minimum absolute atomic E-state index is 0.0459. The molecular formula is C18H20O2. The number of benzene rings is 2. The van der Waals surface area contributed by atoms with Crippen molar-refractivity contribution in [1.82, 2.24) is 0 Å². The Morgan fingerprint density at radius 1 is 1.05 bits per heavy atom. The second-order valence-corrected chi connectivity index (χ2v) is 5.47. The van der Waals surface area contributed by atoms with Crippen molar-refractivity contribution in [1.29, 1.82) is 0 Å². The second-order valence-electron chi connectivity index (χ2n) is 5.47. The third-order valence-corrected chi connectivity index (χ3v) is 3.84. The molecule has 0 aliphatic heterocycles. The molecule has 0 saturated carbocycles. The minimum atomic E-state index is -1.06. The van der Waals surface area contributed by atoms with Crippen molar-refractivity contribution in [2.75, 3.05) is 0 Å². The second kappa shape index (κ2) is 5.22. The monoisotopic (exact) mass is 268 g/mol. The number of hydrogen-bond acceptors (Lipinski definition) is 2. The molecule has 2 nitrogen and oxygen atoms in total. The van der Waals surface area contributed by atoms with Crippen LogP contribution in [0.4, 0.5) is 0 Å². The van der Waals surface area contributed by atoms with Crippen LogP contribution in [0.1, 0.15) is 46.5 Å². The maximum absolute atomic E-state index is 11.5. The normalized spacial score (nSPS) is 13.8. The van der Waals surface area contributed by atoms with Gasteiger partial charge in [-0.15, -0.1) is 0 Å². The molecular weight excluding hydrogens is 248 g/mol. The van der Waals surface area contributed by atoms with Crippen molar-refractivity contribution in [2.45, 2.75) is 33.3 Å². The van der Waals surface area contributed by atoms with Gasteiger partial charge >= 0.3 is 0 Å². The Morgan fingerprint density at radius 3 is 2.25 bits per heavy atom. The number of hydrogen-bond donors (Lipinski definition) is 1. The average Bonchev–Trinajstić information content (AvgIpc) is 2.38. The van der Waals surface area contributed by atoms with E-state index in [2.05, 4.69) is 0 Å². The maximum atomic E-state index is 11.5. The summed E-state index contributed by atoms with van der Waals surface area (Å²) in [5.74, 6) is 0.0459. The lowest BCUT2D eigenvalue weighted by Crippen LogP contribution is -2.24. The first-order valence-corrected chi connectivity index (χ1v) is 6.74. The fraction of sp³-hybridized carbons (Fsp3) is 0.278. The van der Waals surface area contributed by atoms with E-state index in [1.165, 1.54) is 0 Å². The van der Waals surface area contributed by atoms with Crippen LogP contribution < -0.4 is 0 Å². The van der Waals surface area contributed by atoms with Crippen LogP contribution >= 0.6 is 0 Å². The number of rotatable bonds is 3. The first-order chi connectivity index (χ1) is 9.34. The van der Waals surface area contributed by atoms with Gasteiger partial charge in [-0.2, -0.15) is 0 Å². The molecule has 0 heterocycles. The van der Waals surface area contributed by atoms with Gasteiger partial charge in [-0.3, -0.25) is 4.79 Å². The molecule has 0 aliphatic carbocycles. The fourth-order valence-corrected chi connectivity index (χ4v) is 2.64. The lowest BCUT2D eigenvalue weighted by Gasteiger charge is -2.27. The minimum Gasteiger partial charge on any atom is -0.381 e. The van der Waals surface area contributed by atoms with Gasteiger partial charge in [0.25, 0.3) is 0 Å². The molecule has 2 heteroatoms. The number of Topliss-reactive ketones (excluding diaryl/α,β-unsaturated/α-hetero) is 1. The zero-order chi connectivity index (χ0) is 14.9. The number of carbonyl (C=O) groups excluding carboxylic acids is 1. The maximum Gasteiger partial charge on any atom is 0.160 e. The van der Waals surface area contributed by atoms with Crippen LogP contribution in [0.15, 0.2) is 42.5 Å². The van der Waals surface area contributed by atoms with Gasteiger partial charge in [-0.25, -0.2) is 0 Å². The summed E-state index contributed by atoms with van der Waals surface area (Å²) in [7, 11) is 0. The van der Waals surface area contributed by atoms with Crippen molar-refractivity contribution in [3.05, 3.63) is 70.3 Å². The Kier molecular flexibility index (Phi) is 3.78. The Bertz CT molecular complexity index is 654. The van der Waals surface area contributed by atoms with Gasteiger partial charge in [0.15, 0.2) is 5.78 Å². The molecule has 1 N–H and O–H groups in total. The molecule has 0 saturated heterocycles. The van der Waals surface area contributed by atoms with E-state index in [-0.39, 0.29) is 5.78 Å². The van der Waals surface area contributed by atoms with Crippen LogP contribution in [0.25, 0.3) is 0 Å². The van der Waals surface area contributed by atoms with E-state index in [0.717, 1.165) is 22.3 Å². The Balaban J connectivity index is 2.53. The zero-order valence-corrected chi connectivity index (χ0v) is 12.4. The SMILES string of the molecule is CC(=O)c1ccc(C(C)(O)c2ccccc2C)cc1C. The molecule has 0 amide bonds. The molecule has 20 heavy (non-hydrogen) atoms. The van der Waals surface area contributed by atoms with E-state index >= 15 is 0 Å². The number of aryl methyl sites for hydroxylation is 2. The zero-order valence-electron chi connectivity index (χ0n) is 12.4. The van der Waals surface area contributed by atoms with Crippen LogP contribution in [-0.2, 0) is 5.60 Å². The van der Waals surface area contributed by atoms with Crippen molar-refractivity contribution >= 4 is 5.78 Å². The molecule has 0 aliphatic rings. The molecule has 0 fully saturated rings. The third kappa shape index (κ3) is 2.52. The van der Waals surface area contributed by atoms with Crippen molar-refractivity contribution in [2.24, 2.45) is 0 Å². The van der Waals surface area contributed by atoms with Crippen molar-refractivity contribution < 1.29 is 9.90 Å². The largest absolute Gasteiger partial charge is 0.381 e. The highest BCUT2D eigenvalue weighted by Gasteiger charge is 2.27. The first-order valence-electron chi connectivity index (χ1n) is 6.74. The molecule has 2 aromatic rings. The van der Waals surface area contributed by atoms with Gasteiger partial charge in [0, 0.05) is 5.56 Å². The summed E-state index contributed by atoms with van der Waals surface area (Å²) in [6.45, 7) is 7.23. The molecule has 1 atom stereocenters. The van der Waals surface area contributed by atoms with E-state index < -0.39 is 5.60 Å². The van der Waals surface area contributed by atoms with Gasteiger partial charge in [0.1, 0.15) is 5.60 Å². The Labute approximate surface area is 120 Å². The number of aliphatic hydroxyl groups is 1. The van der Waals surface area contributed by atoms with Gasteiger partial charge in [-0.05, 0) is 49.9 Å². The fourth-order valence-electron chi connectivity index (χ4n) is 2.64. The molecule has 0 bridgehead atoms. The van der Waals surface area contributed by atoms with E-state index in [1.807, 2.05) is 50.2 Å². The summed E-state index contributed by atoms with van der Waals surface area (Å²) in [6.07, 6.45) is 0. The van der Waals surface area contributed by atoms with Crippen molar-refractivity contribution in [3.8, 4) is 0 Å². The summed E-state index contributed by atoms with van der Waals surface area (Å²) < 4.78 is 0. The highest BCUT2D eigenvalue weighted by Crippen LogP contribution is 2.32. The number of carbonyl (C=O) groups is 1. The summed E-state index contributed by atoms with van der Waals surface area (Å²) in [4.78, 5) is 11.5. The lowest BCUT2D eigenvalue weighted by molar-refractivity contribution is 0.0995. The highest BCUT2D eigenvalue weighted by atomic mass is 16.3. The Hall–Kier alpha value is -1.93. The summed E-state index contributed by atoms with van der Waals surface area (Å²) >= 11 is 0. The van der Waals surface area contributed by atoms with E-state index in [9.17, 15) is 9.90 Å². The van der Waals surface area contributed by atoms with Crippen molar-refractivity contribution in [3.63, 3.8) is 0 Å². The predicted octanol–water partition coefficient (Wildman–Crippen LogP) is 3.76. The highest BCUT2D eigenvalue weighted by molar-refractivity contribution is 5.95. The molecule has 2 rings (SSSR count). The summed E-state index contributed by atoms with van der Waals surface area (Å²) in [5, 5.41) is 10.9. The van der Waals surface area contributed by atoms with Gasteiger partial charge < -0.3 is 5.11 Å². The van der Waals surface area contributed by atoms with E-state index in [4.69, 9.17) is 0 Å². The standard InChI is InChI=1S/C18H20O2/c1-12-7-5-6-8-17(12)18(4,20)15-9-10-16(14(3)19)13(2)11-15/h5-11,20H,1-4H3. The molecule has 0 spiro atoms. The van der Waals surface area contributed by atoms with Crippen LogP contribution in [-0.4, -0.2) is 10.9 Å². The van der Waals surface area contributed by atoms with Gasteiger partial charge in [-0.1, -0.05) is 42.5 Å². The predicted molar refractivity (Wildman–Crippen MR) is 81.0 cm³/mol. The van der Waals surface area contributed by atoms with E-state index in [1.54, 1.807) is 19.9 Å². The molecule has 2 aromatic carbocycles. The van der Waals surface area contributed by atoms with E-state index in [0.29, 0.717) is 5.56 Å². The molecule has 104 valence electrons. The molecule has 1 unspecified atom stereocenters. The summed E-state index contributed by atoms with van der Waals surface area (Å²) in [6, 6.07) is 13.3. The van der Waals surface area contributed by atoms with Crippen LogP contribution in [0, 0.1) is 13.8 Å². The van der Waals surface area contributed by atoms with Gasteiger partial charge in [0.05, 0.1) is 0 Å². The van der Waals surface area contributed by atoms with Gasteiger partial charge in [0.2, 0.25) is 0 Å². The molecule has 0 radical (unpaired) electrons. The van der Waals surface area contributed by atoms with Crippen LogP contribution in [0.3, 0.4) is 0 Å². The van der Waals surface area contributed by atoms with Crippen LogP contribution in [0.5, 0.6) is 0 Å². The quantitative estimate of drug-likeness (QED) is 0.861. The topological polar surface area (TPSA) is 37.3 Å². The average molecular weight is 268 g/mol. The lowest BCUT2D eigenvalue weighted by atomic mass is 9.84.